The molecule has 9 heteroatoms. The number of piperidine rings is 1. The topological polar surface area (TPSA) is 80.3 Å². The van der Waals surface area contributed by atoms with Gasteiger partial charge in [0, 0.05) is 24.2 Å². The number of oxazole rings is 1. The first-order chi connectivity index (χ1) is 16.1. The highest BCUT2D eigenvalue weighted by Gasteiger charge is 2.40. The fourth-order valence-corrected chi connectivity index (χ4v) is 5.20. The summed E-state index contributed by atoms with van der Waals surface area (Å²) in [4.78, 5) is 24.3. The zero-order valence-electron chi connectivity index (χ0n) is 18.2. The van der Waals surface area contributed by atoms with E-state index in [1.165, 1.54) is 4.80 Å². The smallest absolute Gasteiger partial charge is 0.298 e. The average Bonchev–Trinajstić information content (AvgIpc) is 3.41. The molecule has 33 heavy (non-hydrogen) atoms. The third-order valence-electron chi connectivity index (χ3n) is 6.69. The molecule has 7 rings (SSSR count). The molecule has 0 spiro atoms. The second-order valence-corrected chi connectivity index (χ2v) is 9.21. The molecule has 0 N–H and O–H groups in total. The molecule has 2 unspecified atom stereocenters. The molecule has 3 aliphatic heterocycles. The van der Waals surface area contributed by atoms with Gasteiger partial charge in [-0.2, -0.15) is 20.0 Å². The minimum atomic E-state index is 0.0203. The highest BCUT2D eigenvalue weighted by molar-refractivity contribution is 6.31. The highest BCUT2D eigenvalue weighted by Crippen LogP contribution is 2.34. The molecule has 1 amide bonds. The number of fused-ring (bicyclic) bond motifs is 5. The maximum absolute atomic E-state index is 13.8. The third-order valence-corrected chi connectivity index (χ3v) is 6.92. The second kappa shape index (κ2) is 7.88. The maximum Gasteiger partial charge on any atom is 0.298 e. The number of benzene rings is 2. The number of hydrogen-bond acceptors (Lipinski definition) is 6. The molecule has 2 aromatic carbocycles. The number of amides is 1. The lowest BCUT2D eigenvalue weighted by molar-refractivity contribution is 0.0611. The minimum absolute atomic E-state index is 0.0203. The van der Waals surface area contributed by atoms with E-state index in [4.69, 9.17) is 21.0 Å². The molecule has 3 fully saturated rings. The van der Waals surface area contributed by atoms with Crippen LogP contribution in [0.25, 0.3) is 16.8 Å². The van der Waals surface area contributed by atoms with Crippen LogP contribution >= 0.6 is 11.6 Å². The summed E-state index contributed by atoms with van der Waals surface area (Å²) in [6.45, 7) is 3.41. The van der Waals surface area contributed by atoms with Crippen molar-refractivity contribution in [2.45, 2.75) is 38.3 Å². The molecule has 0 radical (unpaired) electrons. The molecule has 4 aromatic rings. The van der Waals surface area contributed by atoms with E-state index >= 15 is 0 Å². The van der Waals surface area contributed by atoms with Crippen LogP contribution < -0.4 is 4.90 Å². The zero-order chi connectivity index (χ0) is 22.5. The van der Waals surface area contributed by atoms with Crippen LogP contribution in [-0.2, 0) is 0 Å². The van der Waals surface area contributed by atoms with Crippen molar-refractivity contribution in [3.8, 4) is 5.69 Å². The van der Waals surface area contributed by atoms with Gasteiger partial charge in [-0.05, 0) is 56.5 Å². The summed E-state index contributed by atoms with van der Waals surface area (Å²) in [5.41, 5.74) is 3.82. The zero-order valence-corrected chi connectivity index (χ0v) is 18.9. The number of anilines is 1. The molecule has 2 bridgehead atoms. The van der Waals surface area contributed by atoms with Crippen molar-refractivity contribution >= 4 is 34.6 Å². The number of carbonyl (C=O) groups is 1. The van der Waals surface area contributed by atoms with E-state index in [9.17, 15) is 4.79 Å². The summed E-state index contributed by atoms with van der Waals surface area (Å²) in [5, 5.41) is 9.13. The molecule has 5 heterocycles. The molecular weight excluding hydrogens is 440 g/mol. The van der Waals surface area contributed by atoms with Gasteiger partial charge >= 0.3 is 0 Å². The number of rotatable bonds is 3. The van der Waals surface area contributed by atoms with E-state index in [0.717, 1.165) is 42.5 Å². The Morgan fingerprint density at radius 1 is 1.06 bits per heavy atom. The molecule has 2 atom stereocenters. The van der Waals surface area contributed by atoms with Crippen molar-refractivity contribution in [1.82, 2.24) is 24.9 Å². The largest absolute Gasteiger partial charge is 0.423 e. The Balaban J connectivity index is 1.32. The lowest BCUT2D eigenvalue weighted by Gasteiger charge is -2.38. The predicted octanol–water partition coefficient (Wildman–Crippen LogP) is 4.25. The van der Waals surface area contributed by atoms with Crippen molar-refractivity contribution in [2.75, 3.05) is 18.0 Å². The van der Waals surface area contributed by atoms with E-state index in [2.05, 4.69) is 15.1 Å². The fraction of sp³-hybridized carbons (Fsp3) is 0.333. The summed E-state index contributed by atoms with van der Waals surface area (Å²) in [6.07, 6.45) is 6.05. The van der Waals surface area contributed by atoms with Gasteiger partial charge in [0.1, 0.15) is 5.52 Å². The Kier molecular flexibility index (Phi) is 4.83. The molecule has 8 nitrogen and oxygen atoms in total. The predicted molar refractivity (Wildman–Crippen MR) is 125 cm³/mol. The lowest BCUT2D eigenvalue weighted by atomic mass is 9.97. The molecule has 0 saturated carbocycles. The first-order valence-electron chi connectivity index (χ1n) is 11.2. The normalized spacial score (nSPS) is 20.4. The molecule has 3 aliphatic rings. The number of hydrogen-bond donors (Lipinski definition) is 0. The van der Waals surface area contributed by atoms with Crippen LogP contribution in [0, 0.1) is 6.92 Å². The Hall–Kier alpha value is -3.39. The van der Waals surface area contributed by atoms with E-state index in [-0.39, 0.29) is 18.0 Å². The summed E-state index contributed by atoms with van der Waals surface area (Å²) < 4.78 is 6.07. The first kappa shape index (κ1) is 20.2. The van der Waals surface area contributed by atoms with Gasteiger partial charge in [0.2, 0.25) is 0 Å². The summed E-state index contributed by atoms with van der Waals surface area (Å²) in [6, 6.07) is 12.2. The van der Waals surface area contributed by atoms with Gasteiger partial charge in [0.25, 0.3) is 11.9 Å². The average molecular weight is 463 g/mol. The van der Waals surface area contributed by atoms with Crippen molar-refractivity contribution in [2.24, 2.45) is 0 Å². The van der Waals surface area contributed by atoms with Crippen molar-refractivity contribution in [3.05, 3.63) is 64.9 Å². The minimum Gasteiger partial charge on any atom is -0.423 e. The van der Waals surface area contributed by atoms with Gasteiger partial charge in [0.05, 0.1) is 29.7 Å². The van der Waals surface area contributed by atoms with Gasteiger partial charge < -0.3 is 14.2 Å². The van der Waals surface area contributed by atoms with E-state index in [1.807, 2.05) is 42.2 Å². The van der Waals surface area contributed by atoms with Gasteiger partial charge in [0.15, 0.2) is 5.58 Å². The van der Waals surface area contributed by atoms with Crippen LogP contribution in [0.15, 0.2) is 53.2 Å². The number of aryl methyl sites for hydroxylation is 1. The number of nitrogens with zero attached hydrogens (tertiary/aromatic N) is 6. The van der Waals surface area contributed by atoms with Crippen LogP contribution in [0.1, 0.15) is 35.2 Å². The number of aromatic nitrogens is 4. The van der Waals surface area contributed by atoms with Gasteiger partial charge in [-0.1, -0.05) is 23.2 Å². The SMILES string of the molecule is Cc1ccc(-n2nccn2)c(C(=O)N2CC3CCC2CCN3c2nc3cc(Cl)ccc3o2)c1. The molecule has 0 aliphatic carbocycles. The van der Waals surface area contributed by atoms with E-state index in [0.29, 0.717) is 28.8 Å². The fourth-order valence-electron chi connectivity index (χ4n) is 5.04. The van der Waals surface area contributed by atoms with Crippen LogP contribution in [0.2, 0.25) is 5.02 Å². The number of carbonyl (C=O) groups excluding carboxylic acids is 1. The van der Waals surface area contributed by atoms with Crippen LogP contribution in [0.5, 0.6) is 0 Å². The molecule has 3 saturated heterocycles. The van der Waals surface area contributed by atoms with Crippen molar-refractivity contribution in [3.63, 3.8) is 0 Å². The van der Waals surface area contributed by atoms with Gasteiger partial charge in [-0.15, -0.1) is 0 Å². The summed E-state index contributed by atoms with van der Waals surface area (Å²) in [7, 11) is 0. The van der Waals surface area contributed by atoms with E-state index < -0.39 is 0 Å². The van der Waals surface area contributed by atoms with Gasteiger partial charge in [-0.25, -0.2) is 0 Å². The molecule has 168 valence electrons. The molecular formula is C24H23ClN6O2. The Bertz CT molecular complexity index is 1330. The van der Waals surface area contributed by atoms with Gasteiger partial charge in [-0.3, -0.25) is 4.79 Å². The Morgan fingerprint density at radius 3 is 2.73 bits per heavy atom. The summed E-state index contributed by atoms with van der Waals surface area (Å²) in [5.74, 6) is 0.0203. The maximum atomic E-state index is 13.8. The summed E-state index contributed by atoms with van der Waals surface area (Å²) >= 11 is 6.13. The Morgan fingerprint density at radius 2 is 1.88 bits per heavy atom. The van der Waals surface area contributed by atoms with E-state index in [1.54, 1.807) is 18.5 Å². The lowest BCUT2D eigenvalue weighted by Crippen LogP contribution is -2.50. The standard InChI is InChI=1S/C24H23ClN6O2/c1-15-2-6-21(31-26-9-10-27-31)19(12-15)23(32)30-14-18-5-4-17(30)8-11-29(18)24-28-20-13-16(25)3-7-22(20)33-24/h2-3,6-7,9-10,12-13,17-18H,4-5,8,11,14H2,1H3. The second-order valence-electron chi connectivity index (χ2n) is 8.77. The van der Waals surface area contributed by atoms with Crippen molar-refractivity contribution in [1.29, 1.82) is 0 Å². The Labute approximate surface area is 195 Å². The van der Waals surface area contributed by atoms with Crippen LogP contribution in [-0.4, -0.2) is 56.0 Å². The number of halogens is 1. The van der Waals surface area contributed by atoms with Crippen LogP contribution in [0.3, 0.4) is 0 Å². The highest BCUT2D eigenvalue weighted by atomic mass is 35.5. The molecule has 2 aromatic heterocycles. The first-order valence-corrected chi connectivity index (χ1v) is 11.6. The monoisotopic (exact) mass is 462 g/mol. The van der Waals surface area contributed by atoms with Crippen LogP contribution in [0.4, 0.5) is 6.01 Å². The van der Waals surface area contributed by atoms with Crippen molar-refractivity contribution < 1.29 is 9.21 Å². The third kappa shape index (κ3) is 3.54. The quantitative estimate of drug-likeness (QED) is 0.452.